The minimum atomic E-state index is -1.06. The smallest absolute Gasteiger partial charge is 0.240 e. The maximum Gasteiger partial charge on any atom is 0.240 e. The van der Waals surface area contributed by atoms with Gasteiger partial charge in [0.15, 0.2) is 5.78 Å². The maximum atomic E-state index is 13.6. The molecule has 1 saturated carbocycles. The van der Waals surface area contributed by atoms with E-state index in [0.717, 1.165) is 0 Å². The normalized spacial score (nSPS) is 14.3. The fraction of sp³-hybridized carbons (Fsp3) is 0.286. The molecule has 1 fully saturated rings. The van der Waals surface area contributed by atoms with Crippen molar-refractivity contribution in [2.45, 2.75) is 26.2 Å². The molecule has 2 aromatic carbocycles. The molecule has 27 heavy (non-hydrogen) atoms. The Morgan fingerprint density at radius 3 is 2.26 bits per heavy atom. The van der Waals surface area contributed by atoms with E-state index in [4.69, 9.17) is 0 Å². The number of halogens is 1. The molecule has 0 heterocycles. The summed E-state index contributed by atoms with van der Waals surface area (Å²) in [7, 11) is 0. The Hall–Kier alpha value is -3.02. The van der Waals surface area contributed by atoms with Crippen molar-refractivity contribution >= 4 is 23.3 Å². The molecule has 0 radical (unpaired) electrons. The molecule has 5 nitrogen and oxygen atoms in total. The minimum Gasteiger partial charge on any atom is -0.355 e. The van der Waals surface area contributed by atoms with E-state index in [1.807, 2.05) is 0 Å². The summed E-state index contributed by atoms with van der Waals surface area (Å²) in [6, 6.07) is 13.0. The minimum absolute atomic E-state index is 0.0548. The molecule has 3 rings (SSSR count). The third-order valence-electron chi connectivity index (χ3n) is 4.81. The number of hydrogen-bond acceptors (Lipinski definition) is 3. The lowest BCUT2D eigenvalue weighted by atomic mass is 10.0. The van der Waals surface area contributed by atoms with Crippen LogP contribution in [0.2, 0.25) is 0 Å². The Morgan fingerprint density at radius 2 is 1.67 bits per heavy atom. The van der Waals surface area contributed by atoms with Crippen LogP contribution in [0.4, 0.5) is 10.1 Å². The van der Waals surface area contributed by atoms with Crippen LogP contribution in [0.15, 0.2) is 48.5 Å². The van der Waals surface area contributed by atoms with Crippen LogP contribution in [0, 0.1) is 11.2 Å². The van der Waals surface area contributed by atoms with Gasteiger partial charge in [0.05, 0.1) is 0 Å². The van der Waals surface area contributed by atoms with Crippen molar-refractivity contribution in [3.8, 4) is 0 Å². The van der Waals surface area contributed by atoms with E-state index in [1.54, 1.807) is 42.5 Å². The van der Waals surface area contributed by atoms with Gasteiger partial charge < -0.3 is 10.6 Å². The van der Waals surface area contributed by atoms with E-state index in [-0.39, 0.29) is 30.0 Å². The van der Waals surface area contributed by atoms with Crippen LogP contribution in [0.25, 0.3) is 0 Å². The molecule has 6 heteroatoms. The fourth-order valence-corrected chi connectivity index (χ4v) is 2.90. The van der Waals surface area contributed by atoms with Crippen LogP contribution in [0.5, 0.6) is 0 Å². The summed E-state index contributed by atoms with van der Waals surface area (Å²) >= 11 is 0. The molecule has 0 bridgehead atoms. The van der Waals surface area contributed by atoms with Gasteiger partial charge in [-0.1, -0.05) is 18.2 Å². The lowest BCUT2D eigenvalue weighted by Gasteiger charge is -2.15. The van der Waals surface area contributed by atoms with Crippen molar-refractivity contribution < 1.29 is 18.8 Å². The van der Waals surface area contributed by atoms with Gasteiger partial charge in [-0.05, 0) is 62.1 Å². The standard InChI is InChI=1S/C21H21FN2O3/c1-14(25)15-6-8-17(9-7-15)24-20(27)21(11-12-21)19(26)23-13-10-16-4-2-3-5-18(16)22/h2-9H,10-13H2,1H3,(H,23,26)(H,24,27). The van der Waals surface area contributed by atoms with Crippen LogP contribution in [-0.2, 0) is 16.0 Å². The van der Waals surface area contributed by atoms with Gasteiger partial charge >= 0.3 is 0 Å². The van der Waals surface area contributed by atoms with Gasteiger partial charge in [-0.15, -0.1) is 0 Å². The Labute approximate surface area is 157 Å². The summed E-state index contributed by atoms with van der Waals surface area (Å²) in [5.74, 6) is -1.06. The molecular weight excluding hydrogens is 347 g/mol. The lowest BCUT2D eigenvalue weighted by molar-refractivity contribution is -0.134. The monoisotopic (exact) mass is 368 g/mol. The highest BCUT2D eigenvalue weighted by Crippen LogP contribution is 2.46. The molecule has 1 aliphatic rings. The number of nitrogens with one attached hydrogen (secondary N) is 2. The second kappa shape index (κ2) is 7.70. The van der Waals surface area contributed by atoms with Gasteiger partial charge in [0.2, 0.25) is 11.8 Å². The molecule has 140 valence electrons. The third kappa shape index (κ3) is 4.22. The first-order chi connectivity index (χ1) is 12.9. The van der Waals surface area contributed by atoms with Crippen molar-refractivity contribution in [1.82, 2.24) is 5.32 Å². The Kier molecular flexibility index (Phi) is 5.35. The highest BCUT2D eigenvalue weighted by Gasteiger charge is 2.56. The second-order valence-corrected chi connectivity index (χ2v) is 6.77. The zero-order chi connectivity index (χ0) is 19.4. The lowest BCUT2D eigenvalue weighted by Crippen LogP contribution is -2.40. The molecule has 0 saturated heterocycles. The SMILES string of the molecule is CC(=O)c1ccc(NC(=O)C2(C(=O)NCCc3ccccc3F)CC2)cc1. The molecule has 1 aliphatic carbocycles. The third-order valence-corrected chi connectivity index (χ3v) is 4.81. The number of hydrogen-bond donors (Lipinski definition) is 2. The molecular formula is C21H21FN2O3. The van der Waals surface area contributed by atoms with Gasteiger partial charge in [-0.2, -0.15) is 0 Å². The average Bonchev–Trinajstić information content (AvgIpc) is 3.46. The quantitative estimate of drug-likeness (QED) is 0.582. The largest absolute Gasteiger partial charge is 0.355 e. The summed E-state index contributed by atoms with van der Waals surface area (Å²) in [5, 5.41) is 5.48. The predicted octanol–water partition coefficient (Wildman–Crippen LogP) is 3.11. The van der Waals surface area contributed by atoms with Gasteiger partial charge in [0.25, 0.3) is 0 Å². The Bertz CT molecular complexity index is 873. The fourth-order valence-electron chi connectivity index (χ4n) is 2.90. The number of ketones is 1. The number of benzene rings is 2. The van der Waals surface area contributed by atoms with Crippen LogP contribution >= 0.6 is 0 Å². The summed E-state index contributed by atoms with van der Waals surface area (Å²) in [4.78, 5) is 36.3. The number of rotatable bonds is 7. The molecule has 0 aliphatic heterocycles. The summed E-state index contributed by atoms with van der Waals surface area (Å²) in [6.45, 7) is 1.74. The van der Waals surface area contributed by atoms with Crippen molar-refractivity contribution in [2.24, 2.45) is 5.41 Å². The molecule has 2 amide bonds. The first-order valence-electron chi connectivity index (χ1n) is 8.86. The van der Waals surface area contributed by atoms with Crippen molar-refractivity contribution in [3.63, 3.8) is 0 Å². The highest BCUT2D eigenvalue weighted by molar-refractivity contribution is 6.13. The molecule has 0 unspecified atom stereocenters. The van der Waals surface area contributed by atoms with Crippen LogP contribution in [0.1, 0.15) is 35.7 Å². The first kappa shape index (κ1) is 18.8. The Morgan fingerprint density at radius 1 is 1.00 bits per heavy atom. The van der Waals surface area contributed by atoms with Crippen molar-refractivity contribution in [1.29, 1.82) is 0 Å². The van der Waals surface area contributed by atoms with Crippen LogP contribution in [-0.4, -0.2) is 24.1 Å². The molecule has 0 aromatic heterocycles. The van der Waals surface area contributed by atoms with E-state index in [0.29, 0.717) is 36.1 Å². The van der Waals surface area contributed by atoms with E-state index < -0.39 is 5.41 Å². The maximum absolute atomic E-state index is 13.6. The van der Waals surface area contributed by atoms with E-state index >= 15 is 0 Å². The van der Waals surface area contributed by atoms with Crippen molar-refractivity contribution in [3.05, 3.63) is 65.5 Å². The number of Topliss-reactive ketones (excluding diaryl/α,β-unsaturated/α-hetero) is 1. The topological polar surface area (TPSA) is 75.3 Å². The van der Waals surface area contributed by atoms with Crippen molar-refractivity contribution in [2.75, 3.05) is 11.9 Å². The van der Waals surface area contributed by atoms with Gasteiger partial charge in [0.1, 0.15) is 11.2 Å². The van der Waals surface area contributed by atoms with E-state index in [2.05, 4.69) is 10.6 Å². The number of carbonyl (C=O) groups is 3. The molecule has 0 atom stereocenters. The highest BCUT2D eigenvalue weighted by atomic mass is 19.1. The van der Waals surface area contributed by atoms with Crippen LogP contribution in [0.3, 0.4) is 0 Å². The Balaban J connectivity index is 1.55. The van der Waals surface area contributed by atoms with Crippen LogP contribution < -0.4 is 10.6 Å². The number of anilines is 1. The summed E-state index contributed by atoms with van der Waals surface area (Å²) < 4.78 is 13.6. The molecule has 0 spiro atoms. The van der Waals surface area contributed by atoms with Gasteiger partial charge in [-0.3, -0.25) is 14.4 Å². The second-order valence-electron chi connectivity index (χ2n) is 6.77. The first-order valence-corrected chi connectivity index (χ1v) is 8.86. The zero-order valence-electron chi connectivity index (χ0n) is 15.0. The summed E-state index contributed by atoms with van der Waals surface area (Å²) in [6.07, 6.45) is 1.33. The van der Waals surface area contributed by atoms with Gasteiger partial charge in [0, 0.05) is 17.8 Å². The number of amides is 2. The molecule has 2 N–H and O–H groups in total. The van der Waals surface area contributed by atoms with Gasteiger partial charge in [-0.25, -0.2) is 4.39 Å². The van der Waals surface area contributed by atoms with E-state index in [9.17, 15) is 18.8 Å². The summed E-state index contributed by atoms with van der Waals surface area (Å²) in [5.41, 5.74) is 0.558. The predicted molar refractivity (Wildman–Crippen MR) is 99.9 cm³/mol. The number of carbonyl (C=O) groups excluding carboxylic acids is 3. The van der Waals surface area contributed by atoms with E-state index in [1.165, 1.54) is 13.0 Å². The zero-order valence-corrected chi connectivity index (χ0v) is 15.0. The molecule has 2 aromatic rings. The average molecular weight is 368 g/mol.